The third-order valence-corrected chi connectivity index (χ3v) is 5.77. The van der Waals surface area contributed by atoms with Crippen LogP contribution in [0.4, 0.5) is 0 Å². The van der Waals surface area contributed by atoms with Crippen molar-refractivity contribution in [3.8, 4) is 0 Å². The summed E-state index contributed by atoms with van der Waals surface area (Å²) in [7, 11) is 0. The third kappa shape index (κ3) is 3.66. The molecule has 0 spiro atoms. The molecule has 0 unspecified atom stereocenters. The molecule has 152 valence electrons. The smallest absolute Gasteiger partial charge is 0.0737 e. The van der Waals surface area contributed by atoms with Gasteiger partial charge in [0.05, 0.1) is 45.6 Å². The Labute approximate surface area is 190 Å². The SMILES string of the molecule is ClCc1ccc(C2=CC3=CC4=NC(=CC5=NC(=CC6=NC(=CC2=N3)C=C6)C=C5)C=C4)cc1. The molecule has 8 bridgehead atoms. The zero-order chi connectivity index (χ0) is 21.5. The van der Waals surface area contributed by atoms with Gasteiger partial charge in [0.25, 0.3) is 0 Å². The van der Waals surface area contributed by atoms with E-state index in [1.807, 2.05) is 72.9 Å². The first-order chi connectivity index (χ1) is 15.7. The minimum absolute atomic E-state index is 0.496. The van der Waals surface area contributed by atoms with Crippen molar-refractivity contribution in [2.45, 2.75) is 5.88 Å². The van der Waals surface area contributed by atoms with Gasteiger partial charge >= 0.3 is 0 Å². The van der Waals surface area contributed by atoms with Crippen LogP contribution >= 0.6 is 11.6 Å². The standard InChI is InChI=1S/C27H17ClN4/c28-16-17-1-3-18(4-2-17)26-14-25-13-23-8-7-21(30-23)11-19-5-6-20(29-19)12-22-9-10-24(31-22)15-27(26)32-25/h1-15H,16H2. The molecular formula is C27H17ClN4. The summed E-state index contributed by atoms with van der Waals surface area (Å²) in [6.07, 6.45) is 22.0. The topological polar surface area (TPSA) is 49.4 Å². The fraction of sp³-hybridized carbons (Fsp3) is 0.0370. The Morgan fingerprint density at radius 3 is 1.62 bits per heavy atom. The van der Waals surface area contributed by atoms with Gasteiger partial charge in [-0.15, -0.1) is 11.6 Å². The van der Waals surface area contributed by atoms with E-state index >= 15 is 0 Å². The molecule has 5 aliphatic rings. The van der Waals surface area contributed by atoms with E-state index in [-0.39, 0.29) is 0 Å². The minimum atomic E-state index is 0.496. The van der Waals surface area contributed by atoms with Crippen molar-refractivity contribution in [1.82, 2.24) is 0 Å². The number of hydrogen-bond acceptors (Lipinski definition) is 4. The van der Waals surface area contributed by atoms with Crippen molar-refractivity contribution in [2.24, 2.45) is 20.0 Å². The Balaban J connectivity index is 1.48. The molecule has 1 aromatic carbocycles. The van der Waals surface area contributed by atoms with Crippen molar-refractivity contribution < 1.29 is 0 Å². The third-order valence-electron chi connectivity index (χ3n) is 5.46. The molecule has 1 aromatic rings. The van der Waals surface area contributed by atoms with Crippen LogP contribution in [0.1, 0.15) is 11.1 Å². The Bertz CT molecular complexity index is 1410. The molecule has 0 aromatic heterocycles. The lowest BCUT2D eigenvalue weighted by molar-refractivity contribution is 1.39. The molecule has 0 amide bonds. The van der Waals surface area contributed by atoms with E-state index in [1.165, 1.54) is 0 Å². The lowest BCUT2D eigenvalue weighted by Gasteiger charge is -2.05. The lowest BCUT2D eigenvalue weighted by Crippen LogP contribution is -1.96. The molecule has 0 aliphatic carbocycles. The second kappa shape index (κ2) is 7.66. The summed E-state index contributed by atoms with van der Waals surface area (Å²) in [6.45, 7) is 0. The average molecular weight is 433 g/mol. The number of aliphatic imine (C=N–C) groups is 4. The molecule has 0 saturated heterocycles. The normalized spacial score (nSPS) is 20.2. The fourth-order valence-electron chi connectivity index (χ4n) is 3.90. The van der Waals surface area contributed by atoms with Crippen LogP contribution in [0.3, 0.4) is 0 Å². The van der Waals surface area contributed by atoms with Gasteiger partial charge in [-0.05, 0) is 78.0 Å². The second-order valence-electron chi connectivity index (χ2n) is 7.77. The number of rotatable bonds is 2. The summed E-state index contributed by atoms with van der Waals surface area (Å²) >= 11 is 5.97. The fourth-order valence-corrected chi connectivity index (χ4v) is 4.08. The van der Waals surface area contributed by atoms with Gasteiger partial charge in [0.2, 0.25) is 0 Å². The first-order valence-corrected chi connectivity index (χ1v) is 10.9. The Morgan fingerprint density at radius 1 is 0.531 bits per heavy atom. The van der Waals surface area contributed by atoms with E-state index in [0.29, 0.717) is 5.88 Å². The van der Waals surface area contributed by atoms with Gasteiger partial charge in [0.15, 0.2) is 0 Å². The molecule has 5 heterocycles. The molecule has 0 radical (unpaired) electrons. The number of fused-ring (bicyclic) bond motifs is 4. The zero-order valence-corrected chi connectivity index (χ0v) is 17.8. The highest BCUT2D eigenvalue weighted by molar-refractivity contribution is 6.32. The van der Waals surface area contributed by atoms with E-state index in [4.69, 9.17) is 26.6 Å². The van der Waals surface area contributed by atoms with Gasteiger partial charge in [-0.25, -0.2) is 20.0 Å². The van der Waals surface area contributed by atoms with Crippen molar-refractivity contribution in [3.05, 3.63) is 125 Å². The van der Waals surface area contributed by atoms with E-state index in [9.17, 15) is 0 Å². The summed E-state index contributed by atoms with van der Waals surface area (Å²) < 4.78 is 0. The number of nitrogens with zero attached hydrogens (tertiary/aromatic N) is 4. The van der Waals surface area contributed by atoms with Crippen molar-refractivity contribution >= 4 is 40.0 Å². The number of allylic oxidation sites excluding steroid dienone is 12. The molecule has 0 fully saturated rings. The zero-order valence-electron chi connectivity index (χ0n) is 17.0. The maximum Gasteiger partial charge on any atom is 0.0737 e. The van der Waals surface area contributed by atoms with E-state index in [1.54, 1.807) is 0 Å². The van der Waals surface area contributed by atoms with Gasteiger partial charge in [0.1, 0.15) is 0 Å². The average Bonchev–Trinajstić information content (AvgIpc) is 3.59. The Morgan fingerprint density at radius 2 is 1.06 bits per heavy atom. The number of alkyl halides is 1. The summed E-state index contributed by atoms with van der Waals surface area (Å²) in [5.41, 5.74) is 10.2. The molecule has 32 heavy (non-hydrogen) atoms. The predicted molar refractivity (Wildman–Crippen MR) is 133 cm³/mol. The van der Waals surface area contributed by atoms with Crippen LogP contribution in [0, 0.1) is 0 Å². The first kappa shape index (κ1) is 18.8. The quantitative estimate of drug-likeness (QED) is 0.527. The maximum absolute atomic E-state index is 5.97. The van der Waals surface area contributed by atoms with Crippen LogP contribution in [-0.2, 0) is 5.88 Å². The summed E-state index contributed by atoms with van der Waals surface area (Å²) in [5, 5.41) is 0. The highest BCUT2D eigenvalue weighted by atomic mass is 35.5. The van der Waals surface area contributed by atoms with E-state index < -0.39 is 0 Å². The van der Waals surface area contributed by atoms with Crippen LogP contribution in [0.15, 0.2) is 134 Å². The molecule has 6 rings (SSSR count). The molecule has 5 aliphatic heterocycles. The number of benzene rings is 1. The summed E-state index contributed by atoms with van der Waals surface area (Å²) in [5.74, 6) is 0.496. The number of halogens is 1. The van der Waals surface area contributed by atoms with Crippen molar-refractivity contribution in [3.63, 3.8) is 0 Å². The maximum atomic E-state index is 5.97. The van der Waals surface area contributed by atoms with Crippen molar-refractivity contribution in [1.29, 1.82) is 0 Å². The van der Waals surface area contributed by atoms with Gasteiger partial charge < -0.3 is 0 Å². The van der Waals surface area contributed by atoms with E-state index in [0.717, 1.165) is 62.3 Å². The van der Waals surface area contributed by atoms with Crippen LogP contribution in [0.5, 0.6) is 0 Å². The van der Waals surface area contributed by atoms with Crippen LogP contribution in [0.25, 0.3) is 5.57 Å². The van der Waals surface area contributed by atoms with Gasteiger partial charge in [-0.3, -0.25) is 0 Å². The minimum Gasteiger partial charge on any atom is -0.249 e. The molecule has 0 saturated carbocycles. The molecule has 4 nitrogen and oxygen atoms in total. The predicted octanol–water partition coefficient (Wildman–Crippen LogP) is 5.85. The van der Waals surface area contributed by atoms with Crippen LogP contribution in [0.2, 0.25) is 0 Å². The first-order valence-electron chi connectivity index (χ1n) is 10.3. The lowest BCUT2D eigenvalue weighted by atomic mass is 10.00. The Hall–Kier alpha value is -3.89. The van der Waals surface area contributed by atoms with Crippen LogP contribution in [-0.4, -0.2) is 22.8 Å². The van der Waals surface area contributed by atoms with Gasteiger partial charge in [-0.2, -0.15) is 0 Å². The highest BCUT2D eigenvalue weighted by Crippen LogP contribution is 2.29. The van der Waals surface area contributed by atoms with Gasteiger partial charge in [-0.1, -0.05) is 24.3 Å². The second-order valence-corrected chi connectivity index (χ2v) is 8.04. The Kier molecular flexibility index (Phi) is 4.51. The summed E-state index contributed by atoms with van der Waals surface area (Å²) in [4.78, 5) is 19.0. The molecule has 5 heteroatoms. The molecular weight excluding hydrogens is 416 g/mol. The van der Waals surface area contributed by atoms with Gasteiger partial charge in [0, 0.05) is 11.5 Å². The number of hydrogen-bond donors (Lipinski definition) is 0. The highest BCUT2D eigenvalue weighted by Gasteiger charge is 2.18. The van der Waals surface area contributed by atoms with Crippen molar-refractivity contribution in [2.75, 3.05) is 0 Å². The molecule has 0 atom stereocenters. The van der Waals surface area contributed by atoms with Crippen LogP contribution < -0.4 is 0 Å². The summed E-state index contributed by atoms with van der Waals surface area (Å²) in [6, 6.07) is 8.27. The molecule has 0 N–H and O–H groups in total. The van der Waals surface area contributed by atoms with E-state index in [2.05, 4.69) is 23.2 Å². The largest absolute Gasteiger partial charge is 0.249 e. The monoisotopic (exact) mass is 432 g/mol.